The second-order valence-corrected chi connectivity index (χ2v) is 10.8. The lowest BCUT2D eigenvalue weighted by Crippen LogP contribution is -2.51. The van der Waals surface area contributed by atoms with Gasteiger partial charge in [0.05, 0.1) is 12.9 Å². The van der Waals surface area contributed by atoms with E-state index in [1.165, 1.54) is 12.2 Å². The summed E-state index contributed by atoms with van der Waals surface area (Å²) in [4.78, 5) is 42.6. The smallest absolute Gasteiger partial charge is 0.322 e. The first kappa shape index (κ1) is 34.5. The van der Waals surface area contributed by atoms with Gasteiger partial charge in [-0.2, -0.15) is 0 Å². The number of ether oxygens (including phenoxy) is 1. The molecule has 1 aliphatic carbocycles. The number of aliphatic hydroxyl groups excluding tert-OH is 1. The zero-order valence-corrected chi connectivity index (χ0v) is 25.6. The van der Waals surface area contributed by atoms with Gasteiger partial charge in [-0.15, -0.1) is 0 Å². The normalized spacial score (nSPS) is 16.1. The molecule has 2 aliphatic rings. The minimum atomic E-state index is -1.02. The highest BCUT2D eigenvalue weighted by Gasteiger charge is 2.31. The number of urea groups is 1. The third-order valence-corrected chi connectivity index (χ3v) is 7.78. The van der Waals surface area contributed by atoms with Crippen LogP contribution < -0.4 is 11.1 Å². The van der Waals surface area contributed by atoms with Gasteiger partial charge in [-0.05, 0) is 67.4 Å². The fourth-order valence-electron chi connectivity index (χ4n) is 5.52. The number of carbonyl (C=O) groups excluding carboxylic acids is 3. The summed E-state index contributed by atoms with van der Waals surface area (Å²) in [6.07, 6.45) is 14.1. The van der Waals surface area contributed by atoms with Gasteiger partial charge in [0.1, 0.15) is 6.54 Å². The first-order valence-electron chi connectivity index (χ1n) is 15.3. The third-order valence-electron chi connectivity index (χ3n) is 7.78. The van der Waals surface area contributed by atoms with E-state index in [0.29, 0.717) is 56.5 Å². The van der Waals surface area contributed by atoms with Gasteiger partial charge in [0.15, 0.2) is 0 Å². The van der Waals surface area contributed by atoms with Gasteiger partial charge in [-0.3, -0.25) is 14.5 Å². The van der Waals surface area contributed by atoms with E-state index in [9.17, 15) is 23.9 Å². The lowest BCUT2D eigenvalue weighted by molar-refractivity contribution is -0.135. The lowest BCUT2D eigenvalue weighted by atomic mass is 9.94. The molecule has 1 heterocycles. The number of allylic oxidation sites excluding steroid dienone is 6. The highest BCUT2D eigenvalue weighted by molar-refractivity contribution is 6.07. The van der Waals surface area contributed by atoms with Crippen LogP contribution in [0.1, 0.15) is 66.9 Å². The van der Waals surface area contributed by atoms with Gasteiger partial charge >= 0.3 is 6.03 Å². The molecule has 3 rings (SSSR count). The van der Waals surface area contributed by atoms with Crippen LogP contribution in [0, 0.1) is 0 Å². The molecule has 1 fully saturated rings. The van der Waals surface area contributed by atoms with E-state index in [0.717, 1.165) is 53.0 Å². The maximum absolute atomic E-state index is 13.9. The van der Waals surface area contributed by atoms with Crippen LogP contribution >= 0.6 is 0 Å². The maximum atomic E-state index is 13.9. The quantitative estimate of drug-likeness (QED) is 0.261. The number of nitrogens with zero attached hydrogens (tertiary/aromatic N) is 2. The molecule has 0 spiro atoms. The zero-order chi connectivity index (χ0) is 31.9. The fraction of sp³-hybridized carbons (Fsp3) is 0.441. The molecule has 1 aliphatic heterocycles. The molecule has 0 radical (unpaired) electrons. The van der Waals surface area contributed by atoms with Gasteiger partial charge < -0.3 is 25.8 Å². The number of halogens is 1. The number of aliphatic hydroxyl groups is 1. The SMILES string of the molecule is C=C/C(=C\C=C\F)CN(C(=O)CN(C(N)=O)C(=O)c1ccc(C2=C(NCCO)CCCC=C2)cc1CCC)C1CCOCC1. The number of rotatable bonds is 14. The number of carbonyl (C=O) groups is 3. The second kappa shape index (κ2) is 17.9. The average Bonchev–Trinajstić information content (AvgIpc) is 3.28. The van der Waals surface area contributed by atoms with Crippen molar-refractivity contribution in [3.05, 3.63) is 89.4 Å². The van der Waals surface area contributed by atoms with Crippen molar-refractivity contribution in [2.75, 3.05) is 39.5 Å². The molecule has 0 atom stereocenters. The van der Waals surface area contributed by atoms with E-state index < -0.39 is 24.4 Å². The Bertz CT molecular complexity index is 1300. The number of nitrogens with one attached hydrogen (secondary N) is 1. The number of amides is 4. The van der Waals surface area contributed by atoms with E-state index in [2.05, 4.69) is 24.0 Å². The molecule has 0 bridgehead atoms. The van der Waals surface area contributed by atoms with E-state index in [-0.39, 0.29) is 19.2 Å². The molecule has 4 N–H and O–H groups in total. The van der Waals surface area contributed by atoms with Crippen molar-refractivity contribution in [1.82, 2.24) is 15.1 Å². The van der Waals surface area contributed by atoms with E-state index >= 15 is 0 Å². The molecule has 1 aromatic rings. The molecule has 238 valence electrons. The second-order valence-electron chi connectivity index (χ2n) is 10.8. The molecule has 10 heteroatoms. The Kier molecular flexibility index (Phi) is 14.1. The van der Waals surface area contributed by atoms with Gasteiger partial charge in [0, 0.05) is 49.2 Å². The van der Waals surface area contributed by atoms with Crippen molar-refractivity contribution in [3.63, 3.8) is 0 Å². The highest BCUT2D eigenvalue weighted by Crippen LogP contribution is 2.28. The van der Waals surface area contributed by atoms with Gasteiger partial charge in [-0.1, -0.05) is 56.4 Å². The Hall–Kier alpha value is -4.02. The highest BCUT2D eigenvalue weighted by atomic mass is 19.1. The number of hydrogen-bond acceptors (Lipinski definition) is 6. The van der Waals surface area contributed by atoms with Gasteiger partial charge in [0.2, 0.25) is 5.91 Å². The van der Waals surface area contributed by atoms with Crippen LogP contribution in [-0.2, 0) is 16.0 Å². The van der Waals surface area contributed by atoms with E-state index in [1.807, 2.05) is 19.1 Å². The van der Waals surface area contributed by atoms with Crippen LogP contribution in [0.2, 0.25) is 0 Å². The van der Waals surface area contributed by atoms with Crippen molar-refractivity contribution < 1.29 is 28.6 Å². The van der Waals surface area contributed by atoms with Gasteiger partial charge in [0.25, 0.3) is 5.91 Å². The summed E-state index contributed by atoms with van der Waals surface area (Å²) in [6.45, 7) is 6.77. The van der Waals surface area contributed by atoms with E-state index in [1.54, 1.807) is 17.0 Å². The van der Waals surface area contributed by atoms with Crippen molar-refractivity contribution in [1.29, 1.82) is 0 Å². The predicted molar refractivity (Wildman–Crippen MR) is 170 cm³/mol. The number of hydrogen-bond donors (Lipinski definition) is 3. The van der Waals surface area contributed by atoms with E-state index in [4.69, 9.17) is 10.5 Å². The number of nitrogens with two attached hydrogens (primary N) is 1. The molecule has 1 saturated heterocycles. The summed E-state index contributed by atoms with van der Waals surface area (Å²) in [5.74, 6) is -1.10. The van der Waals surface area contributed by atoms with Crippen LogP contribution in [0.4, 0.5) is 9.18 Å². The van der Waals surface area contributed by atoms with Crippen LogP contribution in [-0.4, -0.2) is 78.2 Å². The predicted octanol–water partition coefficient (Wildman–Crippen LogP) is 4.80. The Morgan fingerprint density at radius 3 is 2.66 bits per heavy atom. The Morgan fingerprint density at radius 2 is 2.00 bits per heavy atom. The summed E-state index contributed by atoms with van der Waals surface area (Å²) < 4.78 is 18.2. The first-order valence-corrected chi connectivity index (χ1v) is 15.3. The van der Waals surface area contributed by atoms with Crippen molar-refractivity contribution in [2.45, 2.75) is 57.9 Å². The van der Waals surface area contributed by atoms with Crippen molar-refractivity contribution in [3.8, 4) is 0 Å². The van der Waals surface area contributed by atoms with Crippen LogP contribution in [0.3, 0.4) is 0 Å². The molecule has 9 nitrogen and oxygen atoms in total. The molecule has 0 aromatic heterocycles. The van der Waals surface area contributed by atoms with Gasteiger partial charge in [-0.25, -0.2) is 9.18 Å². The standard InChI is InChI=1S/C34H45FN4O5/c1-3-9-26-22-27(29-11-6-5-7-12-31(29)37-18-19-40)13-14-30(26)33(42)39(34(36)43)24-32(41)38(28-15-20-44-21-16-28)23-25(4-2)10-8-17-35/h4,6,8,10-11,13-14,17,22,28,37,40H,2-3,5,7,9,12,15-16,18-21,23-24H2,1H3,(H2,36,43)/b17-8+,25-10+. The van der Waals surface area contributed by atoms with Crippen LogP contribution in [0.5, 0.6) is 0 Å². The zero-order valence-electron chi connectivity index (χ0n) is 25.6. The maximum Gasteiger partial charge on any atom is 0.322 e. The molecular weight excluding hydrogens is 563 g/mol. The lowest BCUT2D eigenvalue weighted by Gasteiger charge is -2.35. The number of imide groups is 1. The summed E-state index contributed by atoms with van der Waals surface area (Å²) >= 11 is 0. The Labute approximate surface area is 259 Å². The largest absolute Gasteiger partial charge is 0.395 e. The monoisotopic (exact) mass is 608 g/mol. The molecule has 4 amide bonds. The number of benzene rings is 1. The summed E-state index contributed by atoms with van der Waals surface area (Å²) in [5, 5.41) is 12.7. The molecular formula is C34H45FN4O5. The van der Waals surface area contributed by atoms with Crippen LogP contribution in [0.15, 0.2) is 72.8 Å². The third kappa shape index (κ3) is 9.49. The van der Waals surface area contributed by atoms with Crippen molar-refractivity contribution >= 4 is 23.4 Å². The number of primary amides is 1. The topological polar surface area (TPSA) is 125 Å². The summed E-state index contributed by atoms with van der Waals surface area (Å²) in [6, 6.07) is 4.27. The molecule has 44 heavy (non-hydrogen) atoms. The minimum absolute atomic E-state index is 0.0164. The minimum Gasteiger partial charge on any atom is -0.395 e. The first-order chi connectivity index (χ1) is 21.3. The van der Waals surface area contributed by atoms with Crippen LogP contribution in [0.25, 0.3) is 5.57 Å². The summed E-state index contributed by atoms with van der Waals surface area (Å²) in [7, 11) is 0. The Balaban J connectivity index is 1.94. The molecule has 0 unspecified atom stereocenters. The summed E-state index contributed by atoms with van der Waals surface area (Å²) in [5.41, 5.74) is 10.3. The van der Waals surface area contributed by atoms with Crippen molar-refractivity contribution in [2.24, 2.45) is 5.73 Å². The average molecular weight is 609 g/mol. The number of aryl methyl sites for hydroxylation is 1. The molecule has 0 saturated carbocycles. The molecule has 1 aromatic carbocycles. The fourth-order valence-corrected chi connectivity index (χ4v) is 5.52. The Morgan fingerprint density at radius 1 is 1.23 bits per heavy atom.